The molecule has 0 saturated heterocycles. The molecular weight excluding hydrogens is 863 g/mol. The molecule has 0 spiro atoms. The Balaban J connectivity index is 3.00. The average molecular weight is 863 g/mol. The summed E-state index contributed by atoms with van der Waals surface area (Å²) in [5, 5.41) is 0. The smallest absolute Gasteiger partial charge is 0.0482 e. The van der Waals surface area contributed by atoms with E-state index < -0.39 is 0 Å². The molecule has 0 aromatic heterocycles. The number of rotatable bonds is 1. The lowest BCUT2D eigenvalue weighted by Crippen LogP contribution is -1.92. The van der Waals surface area contributed by atoms with Crippen LogP contribution in [0.1, 0.15) is 0 Å². The van der Waals surface area contributed by atoms with Crippen LogP contribution in [0.4, 0.5) is 0 Å². The maximum absolute atomic E-state index is 3.66. The van der Waals surface area contributed by atoms with Gasteiger partial charge in [0.25, 0.3) is 0 Å². The Labute approximate surface area is 197 Å². The van der Waals surface area contributed by atoms with Crippen molar-refractivity contribution in [1.82, 2.24) is 0 Å². The van der Waals surface area contributed by atoms with Gasteiger partial charge in [-0.25, -0.2) is 0 Å². The van der Waals surface area contributed by atoms with Crippen LogP contribution in [0.2, 0.25) is 0 Å². The van der Waals surface area contributed by atoms with Crippen molar-refractivity contribution in [3.63, 3.8) is 0 Å². The Kier molecular flexibility index (Phi) is 7.62. The third-order valence-corrected chi connectivity index (χ3v) is 12.4. The molecule has 0 aliphatic rings. The third-order valence-electron chi connectivity index (χ3n) is 2.50. The normalized spacial score (nSPS) is 11.1. The molecule has 2 aromatic carbocycles. The van der Waals surface area contributed by atoms with Crippen LogP contribution in [0, 0.1) is 6.07 Å². The fraction of sp³-hybridized carbons (Fsp3) is 0. The van der Waals surface area contributed by atoms with Gasteiger partial charge in [0.1, 0.15) is 0 Å². The molecule has 0 bridgehead atoms. The topological polar surface area (TPSA) is 0 Å². The first-order valence-corrected chi connectivity index (χ1v) is 12.1. The van der Waals surface area contributed by atoms with Gasteiger partial charge in [-0.05, 0) is 143 Å². The number of hydrogen-bond acceptors (Lipinski definition) is 0. The summed E-state index contributed by atoms with van der Waals surface area (Å²) in [4.78, 5) is 0. The second kappa shape index (κ2) is 7.98. The molecule has 9 heteroatoms. The molecule has 0 aliphatic carbocycles. The van der Waals surface area contributed by atoms with E-state index in [0.29, 0.717) is 0 Å². The van der Waals surface area contributed by atoms with Crippen LogP contribution in [0.5, 0.6) is 0 Å². The zero-order valence-electron chi connectivity index (χ0n) is 9.40. The molecule has 0 amide bonds. The maximum atomic E-state index is 3.66. The van der Waals surface area contributed by atoms with Gasteiger partial charge in [-0.3, -0.25) is 0 Å². The van der Waals surface area contributed by atoms with Gasteiger partial charge in [-0.15, -0.1) is 0 Å². The third kappa shape index (κ3) is 3.81. The van der Waals surface area contributed by atoms with Gasteiger partial charge in [-0.1, -0.05) is 0 Å². The van der Waals surface area contributed by atoms with Crippen molar-refractivity contribution in [3.05, 3.63) is 46.3 Å². The fourth-order valence-corrected chi connectivity index (χ4v) is 7.33. The van der Waals surface area contributed by atoms with Gasteiger partial charge in [0.15, 0.2) is 0 Å². The zero-order valence-corrected chi connectivity index (χ0v) is 23.7. The fourth-order valence-electron chi connectivity index (χ4n) is 1.57. The molecule has 2 rings (SSSR count). The van der Waals surface area contributed by atoms with Crippen molar-refractivity contribution in [2.24, 2.45) is 0 Å². The lowest BCUT2D eigenvalue weighted by atomic mass is 10.1. The lowest BCUT2D eigenvalue weighted by molar-refractivity contribution is 1.40. The largest absolute Gasteiger partial charge is 0.0489 e. The highest BCUT2D eigenvalue weighted by Crippen LogP contribution is 2.53. The van der Waals surface area contributed by atoms with E-state index in [-0.39, 0.29) is 0 Å². The molecule has 0 unspecified atom stereocenters. The Hall–Kier alpha value is 2.76. The zero-order chi connectivity index (χ0) is 16.1. The molecule has 0 nitrogen and oxygen atoms in total. The predicted molar refractivity (Wildman–Crippen MR) is 120 cm³/mol. The highest BCUT2D eigenvalue weighted by molar-refractivity contribution is 9.16. The lowest BCUT2D eigenvalue weighted by Gasteiger charge is -2.18. The van der Waals surface area contributed by atoms with Gasteiger partial charge >= 0.3 is 0 Å². The summed E-state index contributed by atoms with van der Waals surface area (Å²) in [5.41, 5.74) is 1.98. The van der Waals surface area contributed by atoms with Crippen molar-refractivity contribution in [2.45, 2.75) is 0 Å². The Bertz CT molecular complexity index is 696. The Morgan fingerprint density at radius 2 is 0.667 bits per heavy atom. The van der Waals surface area contributed by atoms with Crippen LogP contribution in [0.25, 0.3) is 11.1 Å². The summed E-state index contributed by atoms with van der Waals surface area (Å²) < 4.78 is 8.10. The molecular formula is C12Br9. The summed E-state index contributed by atoms with van der Waals surface area (Å²) in [6, 6.07) is 3.17. The molecule has 0 atom stereocenters. The summed E-state index contributed by atoms with van der Waals surface area (Å²) in [6.07, 6.45) is 0. The molecule has 21 heavy (non-hydrogen) atoms. The van der Waals surface area contributed by atoms with Gasteiger partial charge in [-0.2, -0.15) is 0 Å². The van der Waals surface area contributed by atoms with Crippen molar-refractivity contribution in [3.8, 4) is 11.1 Å². The first kappa shape index (κ1) is 20.1. The Morgan fingerprint density at radius 1 is 0.381 bits per heavy atom. The van der Waals surface area contributed by atoms with Crippen molar-refractivity contribution >= 4 is 143 Å². The second-order valence-electron chi connectivity index (χ2n) is 3.70. The van der Waals surface area contributed by atoms with Gasteiger partial charge in [0.05, 0.1) is 0 Å². The van der Waals surface area contributed by atoms with Crippen LogP contribution in [-0.4, -0.2) is 0 Å². The number of halogens is 9. The molecule has 1 radical (unpaired) electrons. The summed E-state index contributed by atoms with van der Waals surface area (Å²) in [6.45, 7) is 0. The van der Waals surface area contributed by atoms with E-state index in [0.717, 1.165) is 51.4 Å². The van der Waals surface area contributed by atoms with E-state index in [4.69, 9.17) is 0 Å². The van der Waals surface area contributed by atoms with Gasteiger partial charge < -0.3 is 0 Å². The summed E-state index contributed by atoms with van der Waals surface area (Å²) in [7, 11) is 0. The molecule has 2 aromatic rings. The van der Waals surface area contributed by atoms with Crippen LogP contribution >= 0.6 is 143 Å². The van der Waals surface area contributed by atoms with Crippen molar-refractivity contribution < 1.29 is 0 Å². The minimum absolute atomic E-state index is 0.835. The maximum Gasteiger partial charge on any atom is 0.0482 e. The minimum atomic E-state index is 0.835. The van der Waals surface area contributed by atoms with E-state index in [1.165, 1.54) is 0 Å². The van der Waals surface area contributed by atoms with Crippen molar-refractivity contribution in [1.29, 1.82) is 0 Å². The van der Waals surface area contributed by atoms with E-state index in [2.05, 4.69) is 149 Å². The van der Waals surface area contributed by atoms with E-state index >= 15 is 0 Å². The monoisotopic (exact) mass is 854 g/mol. The first-order valence-electron chi connectivity index (χ1n) is 4.95. The van der Waals surface area contributed by atoms with Crippen LogP contribution in [-0.2, 0) is 0 Å². The van der Waals surface area contributed by atoms with Crippen molar-refractivity contribution in [2.75, 3.05) is 0 Å². The molecule has 0 N–H and O–H groups in total. The summed E-state index contributed by atoms with van der Waals surface area (Å²) in [5.74, 6) is 0. The number of benzene rings is 2. The van der Waals surface area contributed by atoms with Crippen LogP contribution in [0.15, 0.2) is 40.3 Å². The first-order chi connectivity index (χ1) is 9.68. The van der Waals surface area contributed by atoms with Gasteiger partial charge in [0, 0.05) is 57.4 Å². The molecule has 111 valence electrons. The molecule has 0 heterocycles. The average Bonchev–Trinajstić information content (AvgIpc) is 2.44. The second-order valence-corrected chi connectivity index (χ2v) is 10.8. The van der Waals surface area contributed by atoms with Gasteiger partial charge in [0.2, 0.25) is 0 Å². The molecule has 0 fully saturated rings. The highest BCUT2D eigenvalue weighted by atomic mass is 79.9. The van der Waals surface area contributed by atoms with E-state index in [9.17, 15) is 0 Å². The SMILES string of the molecule is Brc1[c]c(Br)c(Br)c(-c2c(Br)c(Br)c(Br)c(Br)c2Br)c1Br. The standard InChI is InChI=1S/C12Br9/c13-2-1-3(14)7(16)4(6(2)15)5-8(17)10(19)12(21)11(20)9(5)18. The Morgan fingerprint density at radius 3 is 1.05 bits per heavy atom. The molecule has 0 saturated carbocycles. The minimum Gasteiger partial charge on any atom is -0.0489 e. The van der Waals surface area contributed by atoms with Crippen LogP contribution in [0.3, 0.4) is 0 Å². The number of hydrogen-bond donors (Lipinski definition) is 0. The predicted octanol–water partition coefficient (Wildman–Crippen LogP) is 10.0. The van der Waals surface area contributed by atoms with E-state index in [1.807, 2.05) is 0 Å². The van der Waals surface area contributed by atoms with E-state index in [1.54, 1.807) is 0 Å². The summed E-state index contributed by atoms with van der Waals surface area (Å²) >= 11 is 32.3. The van der Waals surface area contributed by atoms with Crippen LogP contribution < -0.4 is 0 Å². The quantitative estimate of drug-likeness (QED) is 0.198. The molecule has 0 aliphatic heterocycles. The highest BCUT2D eigenvalue weighted by Gasteiger charge is 2.24.